The van der Waals surface area contributed by atoms with E-state index in [0.29, 0.717) is 0 Å². The van der Waals surface area contributed by atoms with E-state index in [4.69, 9.17) is 11.6 Å². The maximum absolute atomic E-state index is 6.16. The van der Waals surface area contributed by atoms with Crippen LogP contribution in [0.2, 0.25) is 5.02 Å². The highest BCUT2D eigenvalue weighted by atomic mass is 35.5. The smallest absolute Gasteiger partial charge is 0.0576 e. The molecule has 0 bridgehead atoms. The van der Waals surface area contributed by atoms with Crippen molar-refractivity contribution in [1.82, 2.24) is 0 Å². The minimum absolute atomic E-state index is 0.724. The zero-order valence-electron chi connectivity index (χ0n) is 16.7. The molecule has 0 radical (unpaired) electrons. The fourth-order valence-electron chi connectivity index (χ4n) is 3.15. The standard InChI is InChI=1S/C26H22ClN3/c1-20-12-15-22(18-26(20)27)29-28-19-21-13-16-25(17-14-21)30(23-8-4-2-5-9-23)24-10-6-3-7-11-24/h2-19,29H,1H3/b28-19-. The summed E-state index contributed by atoms with van der Waals surface area (Å²) in [6, 6.07) is 34.8. The first kappa shape index (κ1) is 19.7. The molecular formula is C26H22ClN3. The molecule has 4 rings (SSSR count). The zero-order valence-corrected chi connectivity index (χ0v) is 17.4. The van der Waals surface area contributed by atoms with Crippen LogP contribution in [0.15, 0.2) is 108 Å². The van der Waals surface area contributed by atoms with E-state index >= 15 is 0 Å². The van der Waals surface area contributed by atoms with Gasteiger partial charge in [-0.1, -0.05) is 66.2 Å². The van der Waals surface area contributed by atoms with Crippen LogP contribution >= 0.6 is 11.6 Å². The van der Waals surface area contributed by atoms with Crippen molar-refractivity contribution in [3.8, 4) is 0 Å². The molecule has 0 amide bonds. The molecule has 0 fully saturated rings. The summed E-state index contributed by atoms with van der Waals surface area (Å²) in [7, 11) is 0. The van der Waals surface area contributed by atoms with Gasteiger partial charge in [-0.3, -0.25) is 5.43 Å². The first-order chi connectivity index (χ1) is 14.7. The number of nitrogens with one attached hydrogen (secondary N) is 1. The van der Waals surface area contributed by atoms with Gasteiger partial charge in [-0.25, -0.2) is 0 Å². The van der Waals surface area contributed by atoms with Crippen LogP contribution in [-0.2, 0) is 0 Å². The number of halogens is 1. The van der Waals surface area contributed by atoms with E-state index in [0.717, 1.165) is 38.9 Å². The van der Waals surface area contributed by atoms with Gasteiger partial charge in [0, 0.05) is 22.1 Å². The van der Waals surface area contributed by atoms with E-state index in [1.165, 1.54) is 0 Å². The normalized spacial score (nSPS) is 10.9. The molecule has 0 saturated carbocycles. The van der Waals surface area contributed by atoms with Crippen molar-refractivity contribution < 1.29 is 0 Å². The van der Waals surface area contributed by atoms with Crippen molar-refractivity contribution in [2.24, 2.45) is 5.10 Å². The summed E-state index contributed by atoms with van der Waals surface area (Å²) in [5.74, 6) is 0. The molecule has 0 atom stereocenters. The molecule has 0 aliphatic carbocycles. The highest BCUT2D eigenvalue weighted by Crippen LogP contribution is 2.33. The summed E-state index contributed by atoms with van der Waals surface area (Å²) in [6.45, 7) is 1.98. The lowest BCUT2D eigenvalue weighted by Crippen LogP contribution is -2.09. The number of anilines is 4. The van der Waals surface area contributed by atoms with Crippen LogP contribution < -0.4 is 10.3 Å². The van der Waals surface area contributed by atoms with Crippen molar-refractivity contribution >= 4 is 40.6 Å². The van der Waals surface area contributed by atoms with Crippen molar-refractivity contribution in [3.63, 3.8) is 0 Å². The molecule has 4 aromatic rings. The molecular weight excluding hydrogens is 390 g/mol. The molecule has 4 aromatic carbocycles. The quantitative estimate of drug-likeness (QED) is 0.262. The maximum Gasteiger partial charge on any atom is 0.0576 e. The van der Waals surface area contributed by atoms with Crippen LogP contribution in [0.3, 0.4) is 0 Å². The molecule has 0 spiro atoms. The highest BCUT2D eigenvalue weighted by Gasteiger charge is 2.11. The number of nitrogens with zero attached hydrogens (tertiary/aromatic N) is 2. The lowest BCUT2D eigenvalue weighted by molar-refractivity contribution is 1.28. The summed E-state index contributed by atoms with van der Waals surface area (Å²) in [5, 5.41) is 5.05. The Morgan fingerprint density at radius 2 is 1.30 bits per heavy atom. The molecule has 0 saturated heterocycles. The fraction of sp³-hybridized carbons (Fsp3) is 0.0385. The Bertz CT molecular complexity index is 1080. The third kappa shape index (κ3) is 4.70. The first-order valence-electron chi connectivity index (χ1n) is 9.76. The number of benzene rings is 4. The van der Waals surface area contributed by atoms with Crippen LogP contribution in [0, 0.1) is 6.92 Å². The molecule has 1 N–H and O–H groups in total. The molecule has 3 nitrogen and oxygen atoms in total. The average molecular weight is 412 g/mol. The molecule has 0 unspecified atom stereocenters. The van der Waals surface area contributed by atoms with Crippen LogP contribution in [0.1, 0.15) is 11.1 Å². The summed E-state index contributed by atoms with van der Waals surface area (Å²) in [6.07, 6.45) is 1.80. The number of hydrogen-bond acceptors (Lipinski definition) is 3. The van der Waals surface area contributed by atoms with E-state index in [-0.39, 0.29) is 0 Å². The summed E-state index contributed by atoms with van der Waals surface area (Å²) in [5.41, 5.74) is 9.25. The largest absolute Gasteiger partial charge is 0.311 e. The van der Waals surface area contributed by atoms with E-state index in [2.05, 4.69) is 88.2 Å². The van der Waals surface area contributed by atoms with Crippen LogP contribution in [0.5, 0.6) is 0 Å². The Morgan fingerprint density at radius 1 is 0.733 bits per heavy atom. The van der Waals surface area contributed by atoms with E-state index in [1.54, 1.807) is 6.21 Å². The monoisotopic (exact) mass is 411 g/mol. The molecule has 0 heterocycles. The van der Waals surface area contributed by atoms with Crippen molar-refractivity contribution in [2.45, 2.75) is 6.92 Å². The van der Waals surface area contributed by atoms with E-state index in [9.17, 15) is 0 Å². The molecule has 4 heteroatoms. The van der Waals surface area contributed by atoms with Crippen LogP contribution in [0.4, 0.5) is 22.7 Å². The molecule has 0 aliphatic rings. The Hall–Kier alpha value is -3.56. The maximum atomic E-state index is 6.16. The SMILES string of the molecule is Cc1ccc(N/N=C\c2ccc(N(c3ccccc3)c3ccccc3)cc2)cc1Cl. The Kier molecular flexibility index (Phi) is 6.11. The van der Waals surface area contributed by atoms with Gasteiger partial charge in [0.1, 0.15) is 0 Å². The van der Waals surface area contributed by atoms with Gasteiger partial charge < -0.3 is 4.90 Å². The van der Waals surface area contributed by atoms with E-state index < -0.39 is 0 Å². The predicted molar refractivity (Wildman–Crippen MR) is 129 cm³/mol. The lowest BCUT2D eigenvalue weighted by Gasteiger charge is -2.25. The fourth-order valence-corrected chi connectivity index (χ4v) is 3.34. The first-order valence-corrected chi connectivity index (χ1v) is 10.1. The molecule has 0 aromatic heterocycles. The minimum atomic E-state index is 0.724. The van der Waals surface area contributed by atoms with Gasteiger partial charge in [0.2, 0.25) is 0 Å². The summed E-state index contributed by atoms with van der Waals surface area (Å²) < 4.78 is 0. The number of hydrogen-bond donors (Lipinski definition) is 1. The van der Waals surface area contributed by atoms with Crippen molar-refractivity contribution in [2.75, 3.05) is 10.3 Å². The second-order valence-corrected chi connectivity index (χ2v) is 7.34. The lowest BCUT2D eigenvalue weighted by atomic mass is 10.1. The number of aryl methyl sites for hydroxylation is 1. The predicted octanol–water partition coefficient (Wildman–Crippen LogP) is 7.56. The third-order valence-corrected chi connectivity index (χ3v) is 5.17. The summed E-state index contributed by atoms with van der Waals surface area (Å²) in [4.78, 5) is 2.23. The highest BCUT2D eigenvalue weighted by molar-refractivity contribution is 6.31. The van der Waals surface area contributed by atoms with Gasteiger partial charge in [-0.2, -0.15) is 5.10 Å². The minimum Gasteiger partial charge on any atom is -0.311 e. The Labute approximate surface area is 182 Å². The number of rotatable bonds is 6. The van der Waals surface area contributed by atoms with Crippen LogP contribution in [0.25, 0.3) is 0 Å². The molecule has 148 valence electrons. The summed E-state index contributed by atoms with van der Waals surface area (Å²) >= 11 is 6.16. The van der Waals surface area contributed by atoms with Gasteiger partial charge in [0.15, 0.2) is 0 Å². The number of hydrazone groups is 1. The van der Waals surface area contributed by atoms with Gasteiger partial charge in [0.05, 0.1) is 11.9 Å². The second kappa shape index (κ2) is 9.29. The number of para-hydroxylation sites is 2. The van der Waals surface area contributed by atoms with Gasteiger partial charge in [-0.15, -0.1) is 0 Å². The Morgan fingerprint density at radius 3 is 1.87 bits per heavy atom. The van der Waals surface area contributed by atoms with E-state index in [1.807, 2.05) is 37.3 Å². The molecule has 30 heavy (non-hydrogen) atoms. The van der Waals surface area contributed by atoms with Crippen molar-refractivity contribution in [1.29, 1.82) is 0 Å². The zero-order chi connectivity index (χ0) is 20.8. The molecule has 0 aliphatic heterocycles. The third-order valence-electron chi connectivity index (χ3n) is 4.76. The van der Waals surface area contributed by atoms with Gasteiger partial charge in [0.25, 0.3) is 0 Å². The average Bonchev–Trinajstić information content (AvgIpc) is 2.79. The van der Waals surface area contributed by atoms with Gasteiger partial charge in [-0.05, 0) is 66.6 Å². The Balaban J connectivity index is 1.54. The van der Waals surface area contributed by atoms with Crippen molar-refractivity contribution in [3.05, 3.63) is 119 Å². The topological polar surface area (TPSA) is 27.6 Å². The van der Waals surface area contributed by atoms with Crippen LogP contribution in [-0.4, -0.2) is 6.21 Å². The van der Waals surface area contributed by atoms with Gasteiger partial charge >= 0.3 is 0 Å². The second-order valence-electron chi connectivity index (χ2n) is 6.93.